The summed E-state index contributed by atoms with van der Waals surface area (Å²) in [6.45, 7) is 9.77. The summed E-state index contributed by atoms with van der Waals surface area (Å²) in [5, 5.41) is 5.98. The van der Waals surface area contributed by atoms with Crippen molar-refractivity contribution in [3.05, 3.63) is 65.7 Å². The van der Waals surface area contributed by atoms with Crippen LogP contribution < -0.4 is 10.6 Å². The van der Waals surface area contributed by atoms with E-state index >= 15 is 0 Å². The minimum Gasteiger partial charge on any atom is -0.377 e. The fourth-order valence-electron chi connectivity index (χ4n) is 3.13. The third-order valence-corrected chi connectivity index (χ3v) is 4.62. The third kappa shape index (κ3) is 6.38. The standard InChI is InChI=1S/C22H31N3O2/c1-4-25(5-2)21(18-12-8-7-9-13-18)16-23-22(26)24-20-15-11-10-14-19(20)17-27-6-3/h7-15,21H,4-6,16-17H2,1-3H3,(H2,23,24,26). The number of hydrogen-bond acceptors (Lipinski definition) is 3. The number of anilines is 1. The molecule has 146 valence electrons. The van der Waals surface area contributed by atoms with Gasteiger partial charge in [0, 0.05) is 24.4 Å². The van der Waals surface area contributed by atoms with Crippen LogP contribution in [0.2, 0.25) is 0 Å². The molecule has 2 aromatic carbocycles. The van der Waals surface area contributed by atoms with Crippen molar-refractivity contribution in [1.29, 1.82) is 0 Å². The number of amides is 2. The molecule has 0 saturated carbocycles. The van der Waals surface area contributed by atoms with Gasteiger partial charge in [0.1, 0.15) is 0 Å². The van der Waals surface area contributed by atoms with Crippen molar-refractivity contribution in [2.24, 2.45) is 0 Å². The fourth-order valence-corrected chi connectivity index (χ4v) is 3.13. The highest BCUT2D eigenvalue weighted by Crippen LogP contribution is 2.20. The molecule has 0 aliphatic rings. The van der Waals surface area contributed by atoms with E-state index in [9.17, 15) is 4.79 Å². The molecule has 0 bridgehead atoms. The van der Waals surface area contributed by atoms with Crippen LogP contribution in [0, 0.1) is 0 Å². The Morgan fingerprint density at radius 1 is 1.00 bits per heavy atom. The van der Waals surface area contributed by atoms with Crippen LogP contribution >= 0.6 is 0 Å². The molecule has 0 radical (unpaired) electrons. The first kappa shape index (κ1) is 20.9. The first-order chi connectivity index (χ1) is 13.2. The quantitative estimate of drug-likeness (QED) is 0.651. The number of likely N-dealkylation sites (N-methyl/N-ethyl adjacent to an activating group) is 1. The molecule has 2 N–H and O–H groups in total. The number of hydrogen-bond donors (Lipinski definition) is 2. The van der Waals surface area contributed by atoms with Crippen LogP contribution in [0.15, 0.2) is 54.6 Å². The number of carbonyl (C=O) groups is 1. The average Bonchev–Trinajstić information content (AvgIpc) is 2.71. The van der Waals surface area contributed by atoms with Crippen molar-refractivity contribution >= 4 is 11.7 Å². The van der Waals surface area contributed by atoms with E-state index in [2.05, 4.69) is 41.5 Å². The lowest BCUT2D eigenvalue weighted by atomic mass is 10.1. The molecule has 0 saturated heterocycles. The number of nitrogens with one attached hydrogen (secondary N) is 2. The summed E-state index contributed by atoms with van der Waals surface area (Å²) in [4.78, 5) is 14.8. The van der Waals surface area contributed by atoms with Gasteiger partial charge in [0.15, 0.2) is 0 Å². The average molecular weight is 370 g/mol. The zero-order valence-corrected chi connectivity index (χ0v) is 16.6. The van der Waals surface area contributed by atoms with Crippen LogP contribution in [0.4, 0.5) is 10.5 Å². The van der Waals surface area contributed by atoms with Crippen molar-refractivity contribution in [3.8, 4) is 0 Å². The molecule has 1 unspecified atom stereocenters. The summed E-state index contributed by atoms with van der Waals surface area (Å²) >= 11 is 0. The summed E-state index contributed by atoms with van der Waals surface area (Å²) in [6.07, 6.45) is 0. The predicted octanol–water partition coefficient (Wildman–Crippen LogP) is 4.43. The van der Waals surface area contributed by atoms with Crippen molar-refractivity contribution < 1.29 is 9.53 Å². The van der Waals surface area contributed by atoms with E-state index in [1.807, 2.05) is 49.4 Å². The lowest BCUT2D eigenvalue weighted by molar-refractivity contribution is 0.134. The van der Waals surface area contributed by atoms with Gasteiger partial charge < -0.3 is 15.4 Å². The second kappa shape index (κ2) is 11.4. The predicted molar refractivity (Wildman–Crippen MR) is 111 cm³/mol. The normalized spacial score (nSPS) is 12.0. The van der Waals surface area contributed by atoms with E-state index in [0.29, 0.717) is 19.8 Å². The monoisotopic (exact) mass is 369 g/mol. The van der Waals surface area contributed by atoms with E-state index < -0.39 is 0 Å². The van der Waals surface area contributed by atoms with E-state index in [0.717, 1.165) is 24.3 Å². The van der Waals surface area contributed by atoms with Crippen molar-refractivity contribution in [2.45, 2.75) is 33.4 Å². The van der Waals surface area contributed by atoms with Gasteiger partial charge in [-0.3, -0.25) is 4.90 Å². The zero-order chi connectivity index (χ0) is 19.5. The second-order valence-corrected chi connectivity index (χ2v) is 6.28. The summed E-state index contributed by atoms with van der Waals surface area (Å²) in [7, 11) is 0. The number of para-hydroxylation sites is 1. The van der Waals surface area contributed by atoms with Gasteiger partial charge in [0.05, 0.1) is 12.6 Å². The van der Waals surface area contributed by atoms with Gasteiger partial charge in [-0.05, 0) is 31.6 Å². The van der Waals surface area contributed by atoms with Gasteiger partial charge in [-0.2, -0.15) is 0 Å². The molecule has 5 nitrogen and oxygen atoms in total. The second-order valence-electron chi connectivity index (χ2n) is 6.28. The molecule has 0 heterocycles. The number of rotatable bonds is 10. The van der Waals surface area contributed by atoms with Crippen LogP contribution in [0.3, 0.4) is 0 Å². The van der Waals surface area contributed by atoms with E-state index in [1.165, 1.54) is 5.56 Å². The van der Waals surface area contributed by atoms with E-state index in [4.69, 9.17) is 4.74 Å². The Balaban J connectivity index is 2.02. The summed E-state index contributed by atoms with van der Waals surface area (Å²) in [5.74, 6) is 0. The molecule has 27 heavy (non-hydrogen) atoms. The lowest BCUT2D eigenvalue weighted by Gasteiger charge is -2.30. The number of nitrogens with zero attached hydrogens (tertiary/aromatic N) is 1. The Hall–Kier alpha value is -2.37. The number of benzene rings is 2. The number of carbonyl (C=O) groups excluding carboxylic acids is 1. The lowest BCUT2D eigenvalue weighted by Crippen LogP contribution is -2.39. The SMILES string of the molecule is CCOCc1ccccc1NC(=O)NCC(c1ccccc1)N(CC)CC. The maximum absolute atomic E-state index is 12.5. The van der Waals surface area contributed by atoms with E-state index in [1.54, 1.807) is 0 Å². The van der Waals surface area contributed by atoms with Crippen LogP contribution in [0.5, 0.6) is 0 Å². The summed E-state index contributed by atoms with van der Waals surface area (Å²) in [5.41, 5.74) is 2.96. The third-order valence-electron chi connectivity index (χ3n) is 4.62. The summed E-state index contributed by atoms with van der Waals surface area (Å²) < 4.78 is 5.48. The Bertz CT molecular complexity index is 687. The molecule has 2 rings (SSSR count). The molecular weight excluding hydrogens is 338 g/mol. The van der Waals surface area contributed by atoms with Crippen LogP contribution in [0.1, 0.15) is 37.9 Å². The van der Waals surface area contributed by atoms with Crippen LogP contribution in [-0.2, 0) is 11.3 Å². The number of ether oxygens (including phenoxy) is 1. The first-order valence-electron chi connectivity index (χ1n) is 9.69. The molecule has 1 atom stereocenters. The van der Waals surface area contributed by atoms with E-state index in [-0.39, 0.29) is 12.1 Å². The minimum absolute atomic E-state index is 0.144. The highest BCUT2D eigenvalue weighted by molar-refractivity contribution is 5.90. The van der Waals surface area contributed by atoms with Crippen LogP contribution in [-0.4, -0.2) is 37.2 Å². The van der Waals surface area contributed by atoms with Crippen molar-refractivity contribution in [1.82, 2.24) is 10.2 Å². The fraction of sp³-hybridized carbons (Fsp3) is 0.409. The molecule has 2 aromatic rings. The maximum Gasteiger partial charge on any atom is 0.319 e. The molecule has 0 aromatic heterocycles. The zero-order valence-electron chi connectivity index (χ0n) is 16.6. The van der Waals surface area contributed by atoms with Gasteiger partial charge in [0.2, 0.25) is 0 Å². The molecular formula is C22H31N3O2. The maximum atomic E-state index is 12.5. The Morgan fingerprint density at radius 3 is 2.33 bits per heavy atom. The summed E-state index contributed by atoms with van der Waals surface area (Å²) in [6, 6.07) is 18.0. The van der Waals surface area contributed by atoms with Gasteiger partial charge in [-0.1, -0.05) is 62.4 Å². The highest BCUT2D eigenvalue weighted by Gasteiger charge is 2.18. The van der Waals surface area contributed by atoms with Gasteiger partial charge in [-0.15, -0.1) is 0 Å². The molecule has 0 aliphatic carbocycles. The molecule has 5 heteroatoms. The van der Waals surface area contributed by atoms with Crippen molar-refractivity contribution in [2.75, 3.05) is 31.6 Å². The topological polar surface area (TPSA) is 53.6 Å². The smallest absolute Gasteiger partial charge is 0.319 e. The molecule has 0 spiro atoms. The Labute approximate surface area is 162 Å². The van der Waals surface area contributed by atoms with Gasteiger partial charge in [-0.25, -0.2) is 4.79 Å². The Morgan fingerprint density at radius 2 is 1.67 bits per heavy atom. The van der Waals surface area contributed by atoms with Gasteiger partial charge in [0.25, 0.3) is 0 Å². The largest absolute Gasteiger partial charge is 0.377 e. The highest BCUT2D eigenvalue weighted by atomic mass is 16.5. The van der Waals surface area contributed by atoms with Crippen molar-refractivity contribution in [3.63, 3.8) is 0 Å². The number of urea groups is 1. The first-order valence-corrected chi connectivity index (χ1v) is 9.69. The molecule has 0 fully saturated rings. The molecule has 2 amide bonds. The van der Waals surface area contributed by atoms with Crippen LogP contribution in [0.25, 0.3) is 0 Å². The minimum atomic E-state index is -0.202. The Kier molecular flexibility index (Phi) is 8.81. The van der Waals surface area contributed by atoms with Gasteiger partial charge >= 0.3 is 6.03 Å². The molecule has 0 aliphatic heterocycles.